The summed E-state index contributed by atoms with van der Waals surface area (Å²) < 4.78 is 0. The largest absolute Gasteiger partial charge is 0.310 e. The first kappa shape index (κ1) is 9.94. The van der Waals surface area contributed by atoms with Gasteiger partial charge in [-0.3, -0.25) is 4.79 Å². The zero-order valence-electron chi connectivity index (χ0n) is 7.51. The molecule has 0 saturated carbocycles. The van der Waals surface area contributed by atoms with E-state index in [1.165, 1.54) is 6.33 Å². The minimum absolute atomic E-state index is 0.237. The van der Waals surface area contributed by atoms with E-state index in [2.05, 4.69) is 25.3 Å². The van der Waals surface area contributed by atoms with Crippen LogP contribution in [0, 0.1) is 6.92 Å². The van der Waals surface area contributed by atoms with Crippen molar-refractivity contribution in [2.24, 2.45) is 5.11 Å². The van der Waals surface area contributed by atoms with Gasteiger partial charge in [-0.25, -0.2) is 9.97 Å². The van der Waals surface area contributed by atoms with Crippen molar-refractivity contribution in [3.63, 3.8) is 0 Å². The fraction of sp³-hybridized carbons (Fsp3) is 0.286. The number of hydrogen-bond acceptors (Lipinski definition) is 4. The van der Waals surface area contributed by atoms with E-state index in [1.807, 2.05) is 0 Å². The van der Waals surface area contributed by atoms with Gasteiger partial charge in [0.05, 0.1) is 0 Å². The number of amides is 1. The number of rotatable bonds is 3. The van der Waals surface area contributed by atoms with Gasteiger partial charge < -0.3 is 5.32 Å². The fourth-order valence-electron chi connectivity index (χ4n) is 0.801. The van der Waals surface area contributed by atoms with Crippen molar-refractivity contribution in [1.82, 2.24) is 9.97 Å². The molecule has 0 fully saturated rings. The third kappa shape index (κ3) is 3.08. The number of aryl methyl sites for hydroxylation is 1. The highest BCUT2D eigenvalue weighted by Crippen LogP contribution is 2.01. The Bertz CT molecular complexity index is 384. The molecule has 0 aliphatic heterocycles. The Kier molecular flexibility index (Phi) is 3.40. The average Bonchev–Trinajstić information content (AvgIpc) is 2.15. The van der Waals surface area contributed by atoms with Crippen LogP contribution in [0.1, 0.15) is 5.69 Å². The molecule has 72 valence electrons. The van der Waals surface area contributed by atoms with Gasteiger partial charge in [-0.05, 0) is 12.5 Å². The molecule has 0 saturated heterocycles. The predicted molar refractivity (Wildman–Crippen MR) is 49.4 cm³/mol. The number of anilines is 1. The maximum absolute atomic E-state index is 11.0. The molecule has 0 bridgehead atoms. The number of carbonyl (C=O) groups is 1. The molecular formula is C7H8N6O. The molecule has 0 atom stereocenters. The molecule has 14 heavy (non-hydrogen) atoms. The monoisotopic (exact) mass is 192 g/mol. The van der Waals surface area contributed by atoms with Crippen LogP contribution in [0.15, 0.2) is 17.5 Å². The lowest BCUT2D eigenvalue weighted by Crippen LogP contribution is -2.15. The molecule has 7 heteroatoms. The number of hydrogen-bond donors (Lipinski definition) is 1. The van der Waals surface area contributed by atoms with E-state index in [4.69, 9.17) is 5.53 Å². The molecule has 1 aromatic rings. The molecule has 0 aliphatic rings. The second kappa shape index (κ2) is 4.78. The van der Waals surface area contributed by atoms with Gasteiger partial charge in [-0.15, -0.1) is 0 Å². The van der Waals surface area contributed by atoms with Crippen LogP contribution < -0.4 is 5.32 Å². The smallest absolute Gasteiger partial charge is 0.231 e. The van der Waals surface area contributed by atoms with Gasteiger partial charge in [0.15, 0.2) is 0 Å². The standard InChI is InChI=1S/C7H8N6O/c1-5-2-6(10-4-9-5)12-7(14)3-11-13-8/h2,4H,3H2,1H3,(H,9,10,12,14). The molecule has 1 N–H and O–H groups in total. The van der Waals surface area contributed by atoms with Crippen LogP contribution in [0.4, 0.5) is 5.82 Å². The number of aromatic nitrogens is 2. The summed E-state index contributed by atoms with van der Waals surface area (Å²) in [6.45, 7) is 1.55. The highest BCUT2D eigenvalue weighted by Gasteiger charge is 2.01. The SMILES string of the molecule is Cc1cc(NC(=O)CN=[N+]=[N-])ncn1. The Balaban J connectivity index is 2.60. The van der Waals surface area contributed by atoms with E-state index in [0.29, 0.717) is 5.82 Å². The van der Waals surface area contributed by atoms with Crippen molar-refractivity contribution >= 4 is 11.7 Å². The number of nitrogens with one attached hydrogen (secondary N) is 1. The molecule has 0 aromatic carbocycles. The summed E-state index contributed by atoms with van der Waals surface area (Å²) in [6.07, 6.45) is 1.35. The molecule has 1 aromatic heterocycles. The van der Waals surface area contributed by atoms with Gasteiger partial charge >= 0.3 is 0 Å². The second-order valence-electron chi connectivity index (χ2n) is 2.48. The van der Waals surface area contributed by atoms with Crippen LogP contribution in [-0.4, -0.2) is 22.4 Å². The second-order valence-corrected chi connectivity index (χ2v) is 2.48. The Morgan fingerprint density at radius 3 is 3.14 bits per heavy atom. The molecular weight excluding hydrogens is 184 g/mol. The fourth-order valence-corrected chi connectivity index (χ4v) is 0.801. The third-order valence-electron chi connectivity index (χ3n) is 1.35. The van der Waals surface area contributed by atoms with E-state index < -0.39 is 5.91 Å². The Labute approximate surface area is 79.8 Å². The lowest BCUT2D eigenvalue weighted by Gasteiger charge is -2.01. The lowest BCUT2D eigenvalue weighted by atomic mass is 10.4. The van der Waals surface area contributed by atoms with Crippen molar-refractivity contribution in [2.75, 3.05) is 11.9 Å². The molecule has 7 nitrogen and oxygen atoms in total. The van der Waals surface area contributed by atoms with Crippen molar-refractivity contribution in [3.8, 4) is 0 Å². The maximum atomic E-state index is 11.0. The van der Waals surface area contributed by atoms with E-state index in [0.717, 1.165) is 5.69 Å². The minimum atomic E-state index is -0.402. The third-order valence-corrected chi connectivity index (χ3v) is 1.35. The first-order valence-corrected chi connectivity index (χ1v) is 3.81. The maximum Gasteiger partial charge on any atom is 0.231 e. The first-order valence-electron chi connectivity index (χ1n) is 3.81. The highest BCUT2D eigenvalue weighted by molar-refractivity contribution is 5.91. The molecule has 1 heterocycles. The summed E-state index contributed by atoms with van der Waals surface area (Å²) in [7, 11) is 0. The average molecular weight is 192 g/mol. The molecule has 0 spiro atoms. The zero-order chi connectivity index (χ0) is 10.4. The first-order chi connectivity index (χ1) is 6.72. The van der Waals surface area contributed by atoms with Crippen molar-refractivity contribution in [3.05, 3.63) is 28.5 Å². The van der Waals surface area contributed by atoms with Crippen LogP contribution in [0.2, 0.25) is 0 Å². The van der Waals surface area contributed by atoms with Crippen LogP contribution in [0.5, 0.6) is 0 Å². The summed E-state index contributed by atoms with van der Waals surface area (Å²) in [6, 6.07) is 1.62. The normalized spacial score (nSPS) is 8.93. The van der Waals surface area contributed by atoms with Crippen molar-refractivity contribution < 1.29 is 4.79 Å². The Hall–Kier alpha value is -2.14. The molecule has 1 amide bonds. The van der Waals surface area contributed by atoms with Crippen molar-refractivity contribution in [1.29, 1.82) is 0 Å². The summed E-state index contributed by atoms with van der Waals surface area (Å²) in [5.74, 6) is -0.00320. The Morgan fingerprint density at radius 2 is 2.50 bits per heavy atom. The van der Waals surface area contributed by atoms with E-state index >= 15 is 0 Å². The van der Waals surface area contributed by atoms with Crippen LogP contribution >= 0.6 is 0 Å². The van der Waals surface area contributed by atoms with Gasteiger partial charge in [0.2, 0.25) is 5.91 Å². The number of azide groups is 1. The highest BCUT2D eigenvalue weighted by atomic mass is 16.1. The summed E-state index contributed by atoms with van der Waals surface area (Å²) in [5, 5.41) is 5.58. The van der Waals surface area contributed by atoms with Crippen LogP contribution in [0.3, 0.4) is 0 Å². The predicted octanol–water partition coefficient (Wildman–Crippen LogP) is 1.03. The molecule has 0 aliphatic carbocycles. The topological polar surface area (TPSA) is 104 Å². The number of carbonyl (C=O) groups excluding carboxylic acids is 1. The van der Waals surface area contributed by atoms with Gasteiger partial charge in [0.25, 0.3) is 0 Å². The van der Waals surface area contributed by atoms with Crippen molar-refractivity contribution in [2.45, 2.75) is 6.92 Å². The van der Waals surface area contributed by atoms with Gasteiger partial charge in [0, 0.05) is 16.7 Å². The minimum Gasteiger partial charge on any atom is -0.310 e. The zero-order valence-corrected chi connectivity index (χ0v) is 7.51. The molecule has 0 unspecified atom stereocenters. The van der Waals surface area contributed by atoms with Gasteiger partial charge in [-0.1, -0.05) is 5.11 Å². The summed E-state index contributed by atoms with van der Waals surface area (Å²) in [4.78, 5) is 21.2. The summed E-state index contributed by atoms with van der Waals surface area (Å²) in [5.41, 5.74) is 8.73. The quantitative estimate of drug-likeness (QED) is 0.439. The van der Waals surface area contributed by atoms with E-state index in [9.17, 15) is 4.79 Å². The van der Waals surface area contributed by atoms with E-state index in [1.54, 1.807) is 13.0 Å². The molecule has 0 radical (unpaired) electrons. The number of nitrogens with zero attached hydrogens (tertiary/aromatic N) is 5. The molecule has 1 rings (SSSR count). The van der Waals surface area contributed by atoms with E-state index in [-0.39, 0.29) is 6.54 Å². The van der Waals surface area contributed by atoms with Gasteiger partial charge in [0.1, 0.15) is 18.7 Å². The summed E-state index contributed by atoms with van der Waals surface area (Å²) >= 11 is 0. The van der Waals surface area contributed by atoms with Gasteiger partial charge in [-0.2, -0.15) is 0 Å². The van der Waals surface area contributed by atoms with Crippen LogP contribution in [0.25, 0.3) is 10.4 Å². The lowest BCUT2D eigenvalue weighted by molar-refractivity contribution is -0.114. The Morgan fingerprint density at radius 1 is 1.71 bits per heavy atom. The van der Waals surface area contributed by atoms with Crippen LogP contribution in [-0.2, 0) is 4.79 Å².